The Morgan fingerprint density at radius 2 is 2.04 bits per heavy atom. The zero-order chi connectivity index (χ0) is 19.5. The van der Waals surface area contributed by atoms with Crippen LogP contribution in [0.25, 0.3) is 10.9 Å². The van der Waals surface area contributed by atoms with Crippen molar-refractivity contribution in [1.82, 2.24) is 10.3 Å². The Labute approximate surface area is 164 Å². The van der Waals surface area contributed by atoms with Crippen LogP contribution < -0.4 is 10.2 Å². The third-order valence-corrected chi connectivity index (χ3v) is 5.32. The molecule has 0 bridgehead atoms. The summed E-state index contributed by atoms with van der Waals surface area (Å²) in [5, 5.41) is 3.91. The van der Waals surface area contributed by atoms with E-state index in [1.165, 1.54) is 6.07 Å². The van der Waals surface area contributed by atoms with E-state index in [-0.39, 0.29) is 11.7 Å². The molecular weight excluding hydrogens is 353 g/mol. The number of pyridine rings is 1. The van der Waals surface area contributed by atoms with Gasteiger partial charge >= 0.3 is 0 Å². The zero-order valence-electron chi connectivity index (χ0n) is 16.0. The molecule has 1 aliphatic heterocycles. The molecule has 1 atom stereocenters. The number of aryl methyl sites for hydroxylation is 1. The van der Waals surface area contributed by atoms with E-state index in [0.29, 0.717) is 18.0 Å². The Balaban J connectivity index is 1.49. The smallest absolute Gasteiger partial charge is 0.251 e. The van der Waals surface area contributed by atoms with Crippen LogP contribution in [0, 0.1) is 18.7 Å². The Morgan fingerprint density at radius 1 is 1.21 bits per heavy atom. The highest BCUT2D eigenvalue weighted by molar-refractivity contribution is 5.94. The van der Waals surface area contributed by atoms with Gasteiger partial charge in [0.25, 0.3) is 5.91 Å². The number of nitrogens with zero attached hydrogens (tertiary/aromatic N) is 2. The highest BCUT2D eigenvalue weighted by Crippen LogP contribution is 2.31. The zero-order valence-corrected chi connectivity index (χ0v) is 16.0. The van der Waals surface area contributed by atoms with Gasteiger partial charge in [-0.05, 0) is 62.1 Å². The summed E-state index contributed by atoms with van der Waals surface area (Å²) in [6.45, 7) is 4.37. The lowest BCUT2D eigenvalue weighted by Crippen LogP contribution is -2.41. The van der Waals surface area contributed by atoms with Gasteiger partial charge in [0.2, 0.25) is 0 Å². The summed E-state index contributed by atoms with van der Waals surface area (Å²) < 4.78 is 13.8. The maximum absolute atomic E-state index is 13.8. The first kappa shape index (κ1) is 18.4. The largest absolute Gasteiger partial charge is 0.371 e. The lowest BCUT2D eigenvalue weighted by molar-refractivity contribution is 0.0945. The minimum absolute atomic E-state index is 0.0370. The van der Waals surface area contributed by atoms with Crippen LogP contribution in [0.1, 0.15) is 28.9 Å². The summed E-state index contributed by atoms with van der Waals surface area (Å²) in [5.41, 5.74) is 3.45. The van der Waals surface area contributed by atoms with E-state index in [9.17, 15) is 9.18 Å². The fourth-order valence-electron chi connectivity index (χ4n) is 3.95. The molecule has 3 aromatic rings. The molecule has 2 heterocycles. The second-order valence-electron chi connectivity index (χ2n) is 7.47. The van der Waals surface area contributed by atoms with Crippen LogP contribution >= 0.6 is 0 Å². The number of amides is 1. The van der Waals surface area contributed by atoms with Crippen molar-refractivity contribution >= 4 is 22.5 Å². The Morgan fingerprint density at radius 3 is 2.86 bits per heavy atom. The molecule has 1 unspecified atom stereocenters. The van der Waals surface area contributed by atoms with E-state index in [4.69, 9.17) is 0 Å². The summed E-state index contributed by atoms with van der Waals surface area (Å²) in [5.74, 6) is 0.0755. The third kappa shape index (κ3) is 3.98. The number of aromatic nitrogens is 1. The molecule has 1 fully saturated rings. The van der Waals surface area contributed by atoms with E-state index < -0.39 is 0 Å². The second-order valence-corrected chi connectivity index (χ2v) is 7.47. The van der Waals surface area contributed by atoms with Gasteiger partial charge in [0.05, 0.1) is 5.52 Å². The quantitative estimate of drug-likeness (QED) is 0.736. The minimum Gasteiger partial charge on any atom is -0.371 e. The van der Waals surface area contributed by atoms with E-state index in [2.05, 4.69) is 15.2 Å². The van der Waals surface area contributed by atoms with Gasteiger partial charge in [-0.25, -0.2) is 4.39 Å². The van der Waals surface area contributed by atoms with Crippen molar-refractivity contribution in [3.8, 4) is 0 Å². The first-order valence-electron chi connectivity index (χ1n) is 9.75. The molecule has 1 aliphatic rings. The lowest BCUT2D eigenvalue weighted by atomic mass is 9.96. The SMILES string of the molecule is Cc1cc(N2CCCC(CNC(=O)c3ccccc3)C2)c2cc(F)ccc2n1. The fourth-order valence-corrected chi connectivity index (χ4v) is 3.95. The van der Waals surface area contributed by atoms with Crippen LogP contribution in [-0.2, 0) is 0 Å². The van der Waals surface area contributed by atoms with Crippen LogP contribution in [0.5, 0.6) is 0 Å². The maximum Gasteiger partial charge on any atom is 0.251 e. The van der Waals surface area contributed by atoms with Crippen LogP contribution in [0.3, 0.4) is 0 Å². The lowest BCUT2D eigenvalue weighted by Gasteiger charge is -2.35. The molecule has 28 heavy (non-hydrogen) atoms. The van der Waals surface area contributed by atoms with Crippen LogP contribution in [0.4, 0.5) is 10.1 Å². The highest BCUT2D eigenvalue weighted by Gasteiger charge is 2.22. The average Bonchev–Trinajstić information content (AvgIpc) is 2.72. The van der Waals surface area contributed by atoms with Gasteiger partial charge in [-0.15, -0.1) is 0 Å². The summed E-state index contributed by atoms with van der Waals surface area (Å²) >= 11 is 0. The standard InChI is InChI=1S/C23H24FN3O/c1-16-12-22(20-13-19(24)9-10-21(20)26-16)27-11-5-6-17(15-27)14-25-23(28)18-7-3-2-4-8-18/h2-4,7-10,12-13,17H,5-6,11,14-15H2,1H3,(H,25,28). The van der Waals surface area contributed by atoms with Crippen molar-refractivity contribution in [2.45, 2.75) is 19.8 Å². The summed E-state index contributed by atoms with van der Waals surface area (Å²) in [6, 6.07) is 16.1. The summed E-state index contributed by atoms with van der Waals surface area (Å²) in [6.07, 6.45) is 2.12. The number of fused-ring (bicyclic) bond motifs is 1. The Kier molecular flexibility index (Phi) is 5.24. The van der Waals surface area contributed by atoms with Gasteiger partial charge in [0.15, 0.2) is 0 Å². The topological polar surface area (TPSA) is 45.2 Å². The number of rotatable bonds is 4. The number of benzene rings is 2. The molecule has 0 radical (unpaired) electrons. The van der Waals surface area contributed by atoms with Gasteiger partial charge in [0.1, 0.15) is 5.82 Å². The first-order valence-corrected chi connectivity index (χ1v) is 9.75. The third-order valence-electron chi connectivity index (χ3n) is 5.32. The molecule has 1 N–H and O–H groups in total. The number of piperidine rings is 1. The van der Waals surface area contributed by atoms with Gasteiger partial charge < -0.3 is 10.2 Å². The molecule has 1 aromatic heterocycles. The van der Waals surface area contributed by atoms with Crippen LogP contribution in [0.15, 0.2) is 54.6 Å². The number of halogens is 1. The molecule has 2 aromatic carbocycles. The molecule has 1 saturated heterocycles. The number of hydrogen-bond acceptors (Lipinski definition) is 3. The van der Waals surface area contributed by atoms with Crippen molar-refractivity contribution in [3.05, 3.63) is 71.7 Å². The number of anilines is 1. The van der Waals surface area contributed by atoms with Gasteiger partial charge in [-0.3, -0.25) is 9.78 Å². The van der Waals surface area contributed by atoms with E-state index in [1.54, 1.807) is 12.1 Å². The predicted octanol–water partition coefficient (Wildman–Crippen LogP) is 4.33. The molecule has 0 saturated carbocycles. The molecule has 0 aliphatic carbocycles. The number of carbonyl (C=O) groups is 1. The molecule has 1 amide bonds. The second kappa shape index (κ2) is 7.97. The predicted molar refractivity (Wildman–Crippen MR) is 110 cm³/mol. The fraction of sp³-hybridized carbons (Fsp3) is 0.304. The van der Waals surface area contributed by atoms with Gasteiger partial charge in [-0.2, -0.15) is 0 Å². The Bertz CT molecular complexity index is 990. The van der Waals surface area contributed by atoms with E-state index >= 15 is 0 Å². The summed E-state index contributed by atoms with van der Waals surface area (Å²) in [7, 11) is 0. The Hall–Kier alpha value is -2.95. The molecule has 144 valence electrons. The van der Waals surface area contributed by atoms with E-state index in [1.807, 2.05) is 43.3 Å². The first-order chi connectivity index (χ1) is 13.6. The van der Waals surface area contributed by atoms with Gasteiger partial charge in [0, 0.05) is 42.0 Å². The van der Waals surface area contributed by atoms with Crippen molar-refractivity contribution in [2.24, 2.45) is 5.92 Å². The van der Waals surface area contributed by atoms with Crippen LogP contribution in [0.2, 0.25) is 0 Å². The maximum atomic E-state index is 13.8. The van der Waals surface area contributed by atoms with Crippen molar-refractivity contribution < 1.29 is 9.18 Å². The van der Waals surface area contributed by atoms with Crippen molar-refractivity contribution in [2.75, 3.05) is 24.5 Å². The molecule has 4 nitrogen and oxygen atoms in total. The average molecular weight is 377 g/mol. The van der Waals surface area contributed by atoms with Crippen molar-refractivity contribution in [1.29, 1.82) is 0 Å². The highest BCUT2D eigenvalue weighted by atomic mass is 19.1. The molecule has 5 heteroatoms. The number of nitrogens with one attached hydrogen (secondary N) is 1. The van der Waals surface area contributed by atoms with E-state index in [0.717, 1.165) is 48.2 Å². The molecule has 4 rings (SSSR count). The van der Waals surface area contributed by atoms with Crippen LogP contribution in [-0.4, -0.2) is 30.5 Å². The summed E-state index contributed by atoms with van der Waals surface area (Å²) in [4.78, 5) is 19.2. The monoisotopic (exact) mass is 377 g/mol. The van der Waals surface area contributed by atoms with Gasteiger partial charge in [-0.1, -0.05) is 18.2 Å². The normalized spacial score (nSPS) is 16.9. The number of hydrogen-bond donors (Lipinski definition) is 1. The minimum atomic E-state index is -0.247. The molecular formula is C23H24FN3O. The number of carbonyl (C=O) groups excluding carboxylic acids is 1. The van der Waals surface area contributed by atoms with Crippen molar-refractivity contribution in [3.63, 3.8) is 0 Å². The molecule has 0 spiro atoms.